The molecule has 0 amide bonds. The summed E-state index contributed by atoms with van der Waals surface area (Å²) in [6.45, 7) is 6.02. The summed E-state index contributed by atoms with van der Waals surface area (Å²) in [6, 6.07) is 0. The van der Waals surface area contributed by atoms with E-state index in [4.69, 9.17) is 14.2 Å². The monoisotopic (exact) mass is 674 g/mol. The van der Waals surface area contributed by atoms with E-state index in [0.717, 1.165) is 103 Å². The van der Waals surface area contributed by atoms with E-state index in [1.807, 2.05) is 14.1 Å². The smallest absolute Gasteiger partial charge is 0.306 e. The molecule has 7 nitrogen and oxygen atoms in total. The highest BCUT2D eigenvalue weighted by atomic mass is 16.5. The summed E-state index contributed by atoms with van der Waals surface area (Å²) >= 11 is 0. The Morgan fingerprint density at radius 3 is 1.42 bits per heavy atom. The van der Waals surface area contributed by atoms with Gasteiger partial charge in [0.05, 0.1) is 0 Å². The van der Waals surface area contributed by atoms with Crippen LogP contribution >= 0.6 is 0 Å². The fourth-order valence-electron chi connectivity index (χ4n) is 5.25. The third kappa shape index (κ3) is 34.8. The van der Waals surface area contributed by atoms with Gasteiger partial charge in [-0.1, -0.05) is 89.9 Å². The Hall–Kier alpha value is -2.51. The molecule has 1 unspecified atom stereocenters. The lowest BCUT2D eigenvalue weighted by Gasteiger charge is -2.18. The van der Waals surface area contributed by atoms with E-state index in [9.17, 15) is 14.4 Å². The molecule has 0 rings (SSSR count). The van der Waals surface area contributed by atoms with Gasteiger partial charge in [0.25, 0.3) is 0 Å². The first-order chi connectivity index (χ1) is 23.4. The molecule has 0 fully saturated rings. The second kappa shape index (κ2) is 35.8. The Kier molecular flexibility index (Phi) is 33.9. The van der Waals surface area contributed by atoms with Gasteiger partial charge >= 0.3 is 17.9 Å². The van der Waals surface area contributed by atoms with Crippen LogP contribution in [0.15, 0.2) is 0 Å². The van der Waals surface area contributed by atoms with Gasteiger partial charge in [-0.25, -0.2) is 0 Å². The van der Waals surface area contributed by atoms with E-state index in [2.05, 4.69) is 42.4 Å². The molecular weight excluding hydrogens is 602 g/mol. The predicted molar refractivity (Wildman–Crippen MR) is 197 cm³/mol. The second-order valence-corrected chi connectivity index (χ2v) is 13.2. The fraction of sp³-hybridized carbons (Fsp3) is 0.829. The summed E-state index contributed by atoms with van der Waals surface area (Å²) in [5, 5.41) is 0. The van der Waals surface area contributed by atoms with Gasteiger partial charge in [0.1, 0.15) is 19.3 Å². The summed E-state index contributed by atoms with van der Waals surface area (Å²) in [4.78, 5) is 38.6. The summed E-state index contributed by atoms with van der Waals surface area (Å²) in [5.41, 5.74) is 0. The molecule has 0 heterocycles. The lowest BCUT2D eigenvalue weighted by Crippen LogP contribution is -2.20. The molecule has 0 aromatic heterocycles. The zero-order chi connectivity index (χ0) is 35.3. The molecule has 48 heavy (non-hydrogen) atoms. The predicted octanol–water partition coefficient (Wildman–Crippen LogP) is 9.74. The molecule has 0 saturated carbocycles. The van der Waals surface area contributed by atoms with Crippen LogP contribution in [0.5, 0.6) is 0 Å². The van der Waals surface area contributed by atoms with E-state index >= 15 is 0 Å². The first-order valence-corrected chi connectivity index (χ1v) is 19.5. The standard InChI is InChI=1S/C41H71NO6/c1-5-7-9-11-13-15-20-27-36-46-39(43)32-25-19-17-18-23-30-38(48-41(45)34-29-35-42(3)4)31-24-22-26-33-40(44)47-37-28-21-16-14-12-10-8-6-2/h38H,5-14,17-19,22-37H2,1-4H3. The summed E-state index contributed by atoms with van der Waals surface area (Å²) in [7, 11) is 4.01. The summed E-state index contributed by atoms with van der Waals surface area (Å²) in [6.07, 6.45) is 24.0. The Balaban J connectivity index is 4.15. The Labute approximate surface area is 295 Å². The van der Waals surface area contributed by atoms with Crippen molar-refractivity contribution < 1.29 is 28.6 Å². The molecule has 0 aliphatic carbocycles. The molecule has 0 spiro atoms. The van der Waals surface area contributed by atoms with Crippen LogP contribution in [0.4, 0.5) is 0 Å². The average Bonchev–Trinajstić information content (AvgIpc) is 3.05. The topological polar surface area (TPSA) is 82.1 Å². The number of hydrogen-bond donors (Lipinski definition) is 0. The van der Waals surface area contributed by atoms with Crippen LogP contribution in [-0.2, 0) is 28.6 Å². The molecular formula is C41H71NO6. The maximum absolute atomic E-state index is 12.5. The zero-order valence-electron chi connectivity index (χ0n) is 31.5. The maximum Gasteiger partial charge on any atom is 0.306 e. The SMILES string of the molecule is CCCCCCC#CCCOC(=O)CCCCCCCC(CCCCCC(=O)OCCC#CCCCCCC)OC(=O)CCCN(C)C. The van der Waals surface area contributed by atoms with Crippen LogP contribution in [0, 0.1) is 23.7 Å². The minimum Gasteiger partial charge on any atom is -0.465 e. The van der Waals surface area contributed by atoms with Crippen LogP contribution in [0.1, 0.15) is 181 Å². The molecule has 0 radical (unpaired) electrons. The van der Waals surface area contributed by atoms with Crippen molar-refractivity contribution in [3.05, 3.63) is 0 Å². The van der Waals surface area contributed by atoms with Gasteiger partial charge in [-0.15, -0.1) is 11.8 Å². The minimum atomic E-state index is -0.158. The molecule has 0 bridgehead atoms. The molecule has 0 aliphatic rings. The molecule has 276 valence electrons. The second-order valence-electron chi connectivity index (χ2n) is 13.2. The normalized spacial score (nSPS) is 11.3. The van der Waals surface area contributed by atoms with Crippen molar-refractivity contribution in [3.63, 3.8) is 0 Å². The Morgan fingerprint density at radius 2 is 0.917 bits per heavy atom. The average molecular weight is 674 g/mol. The van der Waals surface area contributed by atoms with Crippen LogP contribution in [-0.4, -0.2) is 62.8 Å². The van der Waals surface area contributed by atoms with Crippen molar-refractivity contribution in [3.8, 4) is 23.7 Å². The van der Waals surface area contributed by atoms with Crippen molar-refractivity contribution in [2.45, 2.75) is 187 Å². The van der Waals surface area contributed by atoms with Crippen LogP contribution in [0.25, 0.3) is 0 Å². The van der Waals surface area contributed by atoms with Crippen molar-refractivity contribution in [2.24, 2.45) is 0 Å². The van der Waals surface area contributed by atoms with E-state index in [1.54, 1.807) is 0 Å². The van der Waals surface area contributed by atoms with Crippen molar-refractivity contribution in [1.29, 1.82) is 0 Å². The Bertz CT molecular complexity index is 909. The largest absolute Gasteiger partial charge is 0.465 e. The highest BCUT2D eigenvalue weighted by Crippen LogP contribution is 2.17. The van der Waals surface area contributed by atoms with Gasteiger partial charge in [-0.2, -0.15) is 0 Å². The van der Waals surface area contributed by atoms with Gasteiger partial charge < -0.3 is 19.1 Å². The lowest BCUT2D eigenvalue weighted by atomic mass is 10.0. The third-order valence-electron chi connectivity index (χ3n) is 8.14. The highest BCUT2D eigenvalue weighted by Gasteiger charge is 2.15. The number of ether oxygens (including phenoxy) is 3. The van der Waals surface area contributed by atoms with E-state index in [1.165, 1.54) is 38.5 Å². The van der Waals surface area contributed by atoms with Crippen molar-refractivity contribution in [2.75, 3.05) is 33.9 Å². The number of rotatable bonds is 31. The van der Waals surface area contributed by atoms with Gasteiger partial charge in [0.2, 0.25) is 0 Å². The van der Waals surface area contributed by atoms with Crippen LogP contribution in [0.3, 0.4) is 0 Å². The van der Waals surface area contributed by atoms with E-state index in [0.29, 0.717) is 45.3 Å². The molecule has 0 N–H and O–H groups in total. The van der Waals surface area contributed by atoms with Gasteiger partial charge in [0.15, 0.2) is 0 Å². The lowest BCUT2D eigenvalue weighted by molar-refractivity contribution is -0.150. The molecule has 0 aromatic carbocycles. The molecule has 1 atom stereocenters. The number of esters is 3. The molecule has 0 aliphatic heterocycles. The van der Waals surface area contributed by atoms with E-state index in [-0.39, 0.29) is 24.0 Å². The third-order valence-corrected chi connectivity index (χ3v) is 8.14. The van der Waals surface area contributed by atoms with Crippen molar-refractivity contribution in [1.82, 2.24) is 4.90 Å². The summed E-state index contributed by atoms with van der Waals surface area (Å²) in [5.74, 6) is 12.1. The van der Waals surface area contributed by atoms with Gasteiger partial charge in [-0.05, 0) is 78.4 Å². The van der Waals surface area contributed by atoms with E-state index < -0.39 is 0 Å². The highest BCUT2D eigenvalue weighted by molar-refractivity contribution is 5.70. The number of carbonyl (C=O) groups excluding carboxylic acids is 3. The van der Waals surface area contributed by atoms with Crippen LogP contribution < -0.4 is 0 Å². The first-order valence-electron chi connectivity index (χ1n) is 19.5. The minimum absolute atomic E-state index is 0.0845. The van der Waals surface area contributed by atoms with Gasteiger partial charge in [0, 0.05) is 44.9 Å². The number of nitrogens with zero attached hydrogens (tertiary/aromatic N) is 1. The zero-order valence-corrected chi connectivity index (χ0v) is 31.5. The summed E-state index contributed by atoms with van der Waals surface area (Å²) < 4.78 is 16.5. The molecule has 0 saturated heterocycles. The van der Waals surface area contributed by atoms with Crippen molar-refractivity contribution >= 4 is 17.9 Å². The molecule has 7 heteroatoms. The number of hydrogen-bond acceptors (Lipinski definition) is 7. The van der Waals surface area contributed by atoms with Gasteiger partial charge in [-0.3, -0.25) is 14.4 Å². The molecule has 0 aromatic rings. The number of unbranched alkanes of at least 4 members (excludes halogenated alkanes) is 14. The maximum atomic E-state index is 12.5. The Morgan fingerprint density at radius 1 is 0.500 bits per heavy atom. The number of carbonyl (C=O) groups is 3. The fourth-order valence-corrected chi connectivity index (χ4v) is 5.25. The first kappa shape index (κ1) is 45.5. The van der Waals surface area contributed by atoms with Crippen LogP contribution in [0.2, 0.25) is 0 Å². The quantitative estimate of drug-likeness (QED) is 0.0314.